The molecule has 1 aromatic rings. The minimum atomic E-state index is -4.44. The topological polar surface area (TPSA) is 34.9 Å². The predicted octanol–water partition coefficient (Wildman–Crippen LogP) is 2.93. The fourth-order valence-corrected chi connectivity index (χ4v) is 1.73. The summed E-state index contributed by atoms with van der Waals surface area (Å²) in [7, 11) is 0. The molecule has 7 heteroatoms. The van der Waals surface area contributed by atoms with E-state index in [2.05, 4.69) is 5.10 Å². The van der Waals surface area contributed by atoms with Crippen LogP contribution in [-0.2, 0) is 17.5 Å². The first-order chi connectivity index (χ1) is 7.88. The lowest BCUT2D eigenvalue weighted by Gasteiger charge is -2.04. The molecule has 0 radical (unpaired) electrons. The van der Waals surface area contributed by atoms with Crippen molar-refractivity contribution in [2.45, 2.75) is 37.9 Å². The highest BCUT2D eigenvalue weighted by Gasteiger charge is 2.37. The van der Waals surface area contributed by atoms with Gasteiger partial charge in [0.2, 0.25) is 5.24 Å². The number of aryl methyl sites for hydroxylation is 1. The molecular weight excluding hydrogens is 257 g/mol. The van der Waals surface area contributed by atoms with Crippen LogP contribution in [0.2, 0.25) is 0 Å². The summed E-state index contributed by atoms with van der Waals surface area (Å²) in [6.45, 7) is 0.101. The van der Waals surface area contributed by atoms with Crippen molar-refractivity contribution in [2.75, 3.05) is 0 Å². The standard InChI is InChI=1S/C10H10ClF3N2O/c11-9(17)3-4-16-7(6-1-2-6)5-8(15-16)10(12,13)14/h5-6H,1-4H2. The van der Waals surface area contributed by atoms with Crippen molar-refractivity contribution in [2.24, 2.45) is 0 Å². The van der Waals surface area contributed by atoms with Gasteiger partial charge in [-0.25, -0.2) is 0 Å². The average Bonchev–Trinajstić information content (AvgIpc) is 2.93. The van der Waals surface area contributed by atoms with Crippen LogP contribution in [0, 0.1) is 0 Å². The number of rotatable bonds is 4. The summed E-state index contributed by atoms with van der Waals surface area (Å²) in [6.07, 6.45) is -2.71. The molecule has 1 fully saturated rings. The lowest BCUT2D eigenvalue weighted by Crippen LogP contribution is -2.10. The van der Waals surface area contributed by atoms with Gasteiger partial charge in [-0.2, -0.15) is 18.3 Å². The summed E-state index contributed by atoms with van der Waals surface area (Å²) in [5.74, 6) is 0.143. The molecular formula is C10H10ClF3N2O. The van der Waals surface area contributed by atoms with Crippen molar-refractivity contribution >= 4 is 16.8 Å². The van der Waals surface area contributed by atoms with E-state index in [4.69, 9.17) is 11.6 Å². The van der Waals surface area contributed by atoms with Crippen LogP contribution in [0.1, 0.15) is 36.6 Å². The third-order valence-corrected chi connectivity index (χ3v) is 2.81. The molecule has 3 nitrogen and oxygen atoms in total. The zero-order valence-electron chi connectivity index (χ0n) is 8.80. The fourth-order valence-electron chi connectivity index (χ4n) is 1.65. The number of nitrogens with zero attached hydrogens (tertiary/aromatic N) is 2. The lowest BCUT2D eigenvalue weighted by atomic mass is 10.2. The van der Waals surface area contributed by atoms with E-state index in [1.165, 1.54) is 4.68 Å². The van der Waals surface area contributed by atoms with E-state index in [0.717, 1.165) is 18.9 Å². The van der Waals surface area contributed by atoms with Crippen LogP contribution in [-0.4, -0.2) is 15.0 Å². The van der Waals surface area contributed by atoms with Gasteiger partial charge in [0.1, 0.15) is 0 Å². The first kappa shape index (κ1) is 12.4. The summed E-state index contributed by atoms with van der Waals surface area (Å²) in [5, 5.41) is 2.92. The van der Waals surface area contributed by atoms with E-state index < -0.39 is 17.1 Å². The van der Waals surface area contributed by atoms with Gasteiger partial charge in [-0.3, -0.25) is 9.48 Å². The van der Waals surface area contributed by atoms with Crippen LogP contribution in [0.25, 0.3) is 0 Å². The number of hydrogen-bond acceptors (Lipinski definition) is 2. The number of carbonyl (C=O) groups is 1. The fraction of sp³-hybridized carbons (Fsp3) is 0.600. The maximum atomic E-state index is 12.5. The van der Waals surface area contributed by atoms with Crippen LogP contribution in [0.15, 0.2) is 6.07 Å². The molecule has 17 heavy (non-hydrogen) atoms. The molecule has 0 saturated heterocycles. The first-order valence-corrected chi connectivity index (χ1v) is 5.59. The van der Waals surface area contributed by atoms with E-state index in [9.17, 15) is 18.0 Å². The highest BCUT2D eigenvalue weighted by atomic mass is 35.5. The van der Waals surface area contributed by atoms with E-state index in [1.54, 1.807) is 0 Å². The Morgan fingerprint density at radius 1 is 1.53 bits per heavy atom. The Morgan fingerprint density at radius 3 is 2.65 bits per heavy atom. The zero-order valence-corrected chi connectivity index (χ0v) is 9.55. The SMILES string of the molecule is O=C(Cl)CCn1nc(C(F)(F)F)cc1C1CC1. The second-order valence-corrected chi connectivity index (χ2v) is 4.48. The number of halogens is 4. The van der Waals surface area contributed by atoms with Crippen LogP contribution in [0.4, 0.5) is 13.2 Å². The number of hydrogen-bond donors (Lipinski definition) is 0. The van der Waals surface area contributed by atoms with Crippen LogP contribution >= 0.6 is 11.6 Å². The molecule has 1 aliphatic rings. The Balaban J connectivity index is 2.22. The van der Waals surface area contributed by atoms with Gasteiger partial charge in [-0.15, -0.1) is 0 Å². The zero-order chi connectivity index (χ0) is 12.6. The molecule has 0 aromatic carbocycles. The molecule has 94 valence electrons. The highest BCUT2D eigenvalue weighted by Crippen LogP contribution is 2.42. The molecule has 0 amide bonds. The van der Waals surface area contributed by atoms with E-state index in [-0.39, 0.29) is 18.9 Å². The third-order valence-electron chi connectivity index (χ3n) is 2.62. The molecule has 0 aliphatic heterocycles. The van der Waals surface area contributed by atoms with Gasteiger partial charge < -0.3 is 0 Å². The molecule has 0 N–H and O–H groups in total. The van der Waals surface area contributed by atoms with Crippen LogP contribution in [0.3, 0.4) is 0 Å². The van der Waals surface area contributed by atoms with E-state index in [0.29, 0.717) is 5.69 Å². The van der Waals surface area contributed by atoms with E-state index in [1.807, 2.05) is 0 Å². The molecule has 1 aromatic heterocycles. The van der Waals surface area contributed by atoms with E-state index >= 15 is 0 Å². The summed E-state index contributed by atoms with van der Waals surface area (Å²) < 4.78 is 38.7. The maximum absolute atomic E-state index is 12.5. The number of carbonyl (C=O) groups excluding carboxylic acids is 1. The molecule has 1 saturated carbocycles. The Labute approximate surface area is 101 Å². The minimum Gasteiger partial charge on any atom is -0.281 e. The van der Waals surface area contributed by atoms with Crippen molar-refractivity contribution in [3.8, 4) is 0 Å². The van der Waals surface area contributed by atoms with Gasteiger partial charge in [0.15, 0.2) is 5.69 Å². The van der Waals surface area contributed by atoms with Gasteiger partial charge >= 0.3 is 6.18 Å². The van der Waals surface area contributed by atoms with Gasteiger partial charge in [-0.05, 0) is 30.5 Å². The highest BCUT2D eigenvalue weighted by molar-refractivity contribution is 6.63. The number of aromatic nitrogens is 2. The van der Waals surface area contributed by atoms with Crippen LogP contribution in [0.5, 0.6) is 0 Å². The van der Waals surface area contributed by atoms with Gasteiger partial charge in [-0.1, -0.05) is 0 Å². The van der Waals surface area contributed by atoms with Crippen molar-refractivity contribution < 1.29 is 18.0 Å². The Bertz CT molecular complexity index is 437. The monoisotopic (exact) mass is 266 g/mol. The van der Waals surface area contributed by atoms with Gasteiger partial charge in [0.05, 0.1) is 0 Å². The Kier molecular flexibility index (Phi) is 3.16. The van der Waals surface area contributed by atoms with Crippen molar-refractivity contribution in [3.63, 3.8) is 0 Å². The largest absolute Gasteiger partial charge is 0.435 e. The molecule has 0 atom stereocenters. The maximum Gasteiger partial charge on any atom is 0.435 e. The Hall–Kier alpha value is -1.04. The average molecular weight is 267 g/mol. The van der Waals surface area contributed by atoms with Crippen molar-refractivity contribution in [1.29, 1.82) is 0 Å². The smallest absolute Gasteiger partial charge is 0.281 e. The molecule has 0 bridgehead atoms. The molecule has 0 spiro atoms. The second-order valence-electron chi connectivity index (χ2n) is 4.05. The minimum absolute atomic E-state index is 0.0136. The molecule has 2 rings (SSSR count). The summed E-state index contributed by atoms with van der Waals surface area (Å²) in [4.78, 5) is 10.6. The summed E-state index contributed by atoms with van der Waals surface area (Å²) in [6, 6.07) is 1.07. The normalized spacial score (nSPS) is 16.2. The van der Waals surface area contributed by atoms with Gasteiger partial charge in [0, 0.05) is 24.6 Å². The quantitative estimate of drug-likeness (QED) is 0.786. The predicted molar refractivity (Wildman–Crippen MR) is 54.7 cm³/mol. The summed E-state index contributed by atoms with van der Waals surface area (Å²) in [5.41, 5.74) is -0.350. The molecule has 0 unspecified atom stereocenters. The Morgan fingerprint density at radius 2 is 2.18 bits per heavy atom. The molecule has 1 aliphatic carbocycles. The summed E-state index contributed by atoms with van der Waals surface area (Å²) >= 11 is 5.17. The first-order valence-electron chi connectivity index (χ1n) is 5.21. The molecule has 1 heterocycles. The van der Waals surface area contributed by atoms with Crippen molar-refractivity contribution in [3.05, 3.63) is 17.5 Å². The lowest BCUT2D eigenvalue weighted by molar-refractivity contribution is -0.141. The second kappa shape index (κ2) is 4.33. The van der Waals surface area contributed by atoms with Crippen molar-refractivity contribution in [1.82, 2.24) is 9.78 Å². The number of alkyl halides is 3. The van der Waals surface area contributed by atoms with Gasteiger partial charge in [0.25, 0.3) is 0 Å². The van der Waals surface area contributed by atoms with Crippen LogP contribution < -0.4 is 0 Å². The third kappa shape index (κ3) is 3.00.